The molecule has 0 spiro atoms. The fraction of sp³-hybridized carbons (Fsp3) is 0.286. The molecular weight excluding hydrogens is 342 g/mol. The van der Waals surface area contributed by atoms with E-state index in [0.717, 1.165) is 25.2 Å². The van der Waals surface area contributed by atoms with Crippen molar-refractivity contribution in [3.63, 3.8) is 0 Å². The van der Waals surface area contributed by atoms with Gasteiger partial charge in [0.2, 0.25) is 5.91 Å². The standard InChI is InChI=1S/C21H25N3O3/c1-3-23(4-2)16-19-10-8-18(9-11-19)15-22-21(25)13-12-17-6-5-7-20(14-17)24(26)27/h5-14H,3-4,15-16H2,1-2H3,(H,22,25)/p+1/b13-12+. The minimum Gasteiger partial charge on any atom is -0.348 e. The monoisotopic (exact) mass is 368 g/mol. The van der Waals surface area contributed by atoms with Crippen molar-refractivity contribution in [3.8, 4) is 0 Å². The van der Waals surface area contributed by atoms with Crippen molar-refractivity contribution in [2.75, 3.05) is 13.1 Å². The Labute approximate surface area is 159 Å². The minimum absolute atomic E-state index is 0.00389. The Morgan fingerprint density at radius 3 is 2.41 bits per heavy atom. The molecule has 27 heavy (non-hydrogen) atoms. The Kier molecular flexibility index (Phi) is 7.70. The number of nitrogens with one attached hydrogen (secondary N) is 2. The van der Waals surface area contributed by atoms with Gasteiger partial charge in [0.05, 0.1) is 18.0 Å². The van der Waals surface area contributed by atoms with Gasteiger partial charge in [-0.3, -0.25) is 14.9 Å². The second-order valence-corrected chi connectivity index (χ2v) is 6.35. The van der Waals surface area contributed by atoms with E-state index in [1.165, 1.54) is 28.7 Å². The van der Waals surface area contributed by atoms with Crippen LogP contribution in [-0.4, -0.2) is 23.9 Å². The number of hydrogen-bond acceptors (Lipinski definition) is 3. The van der Waals surface area contributed by atoms with E-state index in [1.807, 2.05) is 12.1 Å². The second kappa shape index (κ2) is 10.2. The largest absolute Gasteiger partial charge is 0.348 e. The first-order valence-corrected chi connectivity index (χ1v) is 9.13. The highest BCUT2D eigenvalue weighted by molar-refractivity contribution is 5.91. The topological polar surface area (TPSA) is 76.7 Å². The second-order valence-electron chi connectivity index (χ2n) is 6.35. The molecule has 6 nitrogen and oxygen atoms in total. The maximum Gasteiger partial charge on any atom is 0.270 e. The number of non-ortho nitro benzene ring substituents is 1. The Bertz CT molecular complexity index is 797. The molecular formula is C21H26N3O3+. The molecule has 0 aliphatic heterocycles. The smallest absolute Gasteiger partial charge is 0.270 e. The van der Waals surface area contributed by atoms with Crippen LogP contribution in [0, 0.1) is 10.1 Å². The third-order valence-corrected chi connectivity index (χ3v) is 4.45. The van der Waals surface area contributed by atoms with Crippen molar-refractivity contribution >= 4 is 17.7 Å². The summed E-state index contributed by atoms with van der Waals surface area (Å²) in [6.45, 7) is 8.02. The zero-order chi connectivity index (χ0) is 19.6. The van der Waals surface area contributed by atoms with Crippen LogP contribution in [-0.2, 0) is 17.9 Å². The van der Waals surface area contributed by atoms with Gasteiger partial charge in [0, 0.05) is 30.3 Å². The van der Waals surface area contributed by atoms with E-state index in [1.54, 1.807) is 18.2 Å². The number of amides is 1. The average Bonchev–Trinajstić information content (AvgIpc) is 2.70. The van der Waals surface area contributed by atoms with Gasteiger partial charge >= 0.3 is 0 Å². The summed E-state index contributed by atoms with van der Waals surface area (Å²) >= 11 is 0. The van der Waals surface area contributed by atoms with E-state index in [4.69, 9.17) is 0 Å². The molecule has 0 heterocycles. The van der Waals surface area contributed by atoms with Crippen LogP contribution < -0.4 is 10.2 Å². The Balaban J connectivity index is 1.86. The molecule has 142 valence electrons. The summed E-state index contributed by atoms with van der Waals surface area (Å²) in [5, 5.41) is 13.6. The third kappa shape index (κ3) is 6.67. The number of benzene rings is 2. The maximum atomic E-state index is 12.0. The van der Waals surface area contributed by atoms with Gasteiger partial charge in [0.25, 0.3) is 5.69 Å². The fourth-order valence-corrected chi connectivity index (χ4v) is 2.73. The fourth-order valence-electron chi connectivity index (χ4n) is 2.73. The molecule has 0 fully saturated rings. The molecule has 0 aliphatic rings. The number of nitrogens with zero attached hydrogens (tertiary/aromatic N) is 1. The van der Waals surface area contributed by atoms with Crippen LogP contribution in [0.5, 0.6) is 0 Å². The molecule has 2 rings (SSSR count). The minimum atomic E-state index is -0.456. The molecule has 0 atom stereocenters. The van der Waals surface area contributed by atoms with Crippen molar-refractivity contribution in [2.24, 2.45) is 0 Å². The molecule has 2 aromatic rings. The molecule has 0 saturated heterocycles. The van der Waals surface area contributed by atoms with Gasteiger partial charge in [-0.1, -0.05) is 36.4 Å². The van der Waals surface area contributed by atoms with E-state index < -0.39 is 4.92 Å². The average molecular weight is 368 g/mol. The first-order chi connectivity index (χ1) is 13.0. The predicted octanol–water partition coefficient (Wildman–Crippen LogP) is 2.35. The molecule has 6 heteroatoms. The van der Waals surface area contributed by atoms with Crippen molar-refractivity contribution in [1.82, 2.24) is 5.32 Å². The highest BCUT2D eigenvalue weighted by atomic mass is 16.6. The Hall–Kier alpha value is -2.99. The molecule has 2 aromatic carbocycles. The summed E-state index contributed by atoms with van der Waals surface area (Å²) < 4.78 is 0. The first-order valence-electron chi connectivity index (χ1n) is 9.13. The number of nitro benzene ring substituents is 1. The van der Waals surface area contributed by atoms with Gasteiger partial charge in [-0.15, -0.1) is 0 Å². The summed E-state index contributed by atoms with van der Waals surface area (Å²) in [6, 6.07) is 14.4. The number of nitro groups is 1. The van der Waals surface area contributed by atoms with Crippen molar-refractivity contribution in [1.29, 1.82) is 0 Å². The highest BCUT2D eigenvalue weighted by Gasteiger charge is 2.05. The van der Waals surface area contributed by atoms with Gasteiger partial charge in [-0.2, -0.15) is 0 Å². The summed E-state index contributed by atoms with van der Waals surface area (Å²) in [6.07, 6.45) is 2.95. The molecule has 0 radical (unpaired) electrons. The lowest BCUT2D eigenvalue weighted by molar-refractivity contribution is -0.910. The number of hydrogen-bond donors (Lipinski definition) is 2. The maximum absolute atomic E-state index is 12.0. The predicted molar refractivity (Wildman–Crippen MR) is 106 cm³/mol. The zero-order valence-electron chi connectivity index (χ0n) is 15.8. The van der Waals surface area contributed by atoms with Crippen LogP contribution in [0.3, 0.4) is 0 Å². The molecule has 2 N–H and O–H groups in total. The van der Waals surface area contributed by atoms with Gasteiger partial charge in [-0.05, 0) is 31.1 Å². The quantitative estimate of drug-likeness (QED) is 0.405. The first kappa shape index (κ1) is 20.3. The van der Waals surface area contributed by atoms with Crippen molar-refractivity contribution in [2.45, 2.75) is 26.9 Å². The third-order valence-electron chi connectivity index (χ3n) is 4.45. The lowest BCUT2D eigenvalue weighted by Crippen LogP contribution is -3.10. The Morgan fingerprint density at radius 2 is 1.78 bits per heavy atom. The van der Waals surface area contributed by atoms with Crippen LogP contribution in [0.25, 0.3) is 6.08 Å². The zero-order valence-corrected chi connectivity index (χ0v) is 15.8. The number of carbonyl (C=O) groups is 1. The summed E-state index contributed by atoms with van der Waals surface area (Å²) in [5.74, 6) is -0.238. The normalized spacial score (nSPS) is 11.1. The molecule has 0 saturated carbocycles. The number of carbonyl (C=O) groups excluding carboxylic acids is 1. The molecule has 0 aromatic heterocycles. The molecule has 1 amide bonds. The van der Waals surface area contributed by atoms with Gasteiger partial charge in [0.15, 0.2) is 0 Å². The SMILES string of the molecule is CC[NH+](CC)Cc1ccc(CNC(=O)/C=C/c2cccc([N+](=O)[O-])c2)cc1. The van der Waals surface area contributed by atoms with E-state index in [0.29, 0.717) is 12.1 Å². The summed E-state index contributed by atoms with van der Waals surface area (Å²) in [5.41, 5.74) is 2.94. The molecule has 0 unspecified atom stereocenters. The summed E-state index contributed by atoms with van der Waals surface area (Å²) in [4.78, 5) is 23.8. The van der Waals surface area contributed by atoms with Crippen molar-refractivity contribution in [3.05, 3.63) is 81.4 Å². The summed E-state index contributed by atoms with van der Waals surface area (Å²) in [7, 11) is 0. The van der Waals surface area contributed by atoms with Gasteiger partial charge in [-0.25, -0.2) is 0 Å². The lowest BCUT2D eigenvalue weighted by atomic mass is 10.1. The van der Waals surface area contributed by atoms with E-state index in [9.17, 15) is 14.9 Å². The van der Waals surface area contributed by atoms with E-state index >= 15 is 0 Å². The van der Waals surface area contributed by atoms with Gasteiger partial charge < -0.3 is 10.2 Å². The van der Waals surface area contributed by atoms with Crippen LogP contribution in [0.15, 0.2) is 54.6 Å². The van der Waals surface area contributed by atoms with E-state index in [-0.39, 0.29) is 11.6 Å². The van der Waals surface area contributed by atoms with Crippen LogP contribution >= 0.6 is 0 Å². The number of rotatable bonds is 9. The Morgan fingerprint density at radius 1 is 1.11 bits per heavy atom. The van der Waals surface area contributed by atoms with Crippen LogP contribution in [0.4, 0.5) is 5.69 Å². The van der Waals surface area contributed by atoms with Crippen LogP contribution in [0.1, 0.15) is 30.5 Å². The lowest BCUT2D eigenvalue weighted by Gasteiger charge is -2.15. The number of quaternary nitrogens is 1. The highest BCUT2D eigenvalue weighted by Crippen LogP contribution is 2.14. The van der Waals surface area contributed by atoms with Crippen LogP contribution in [0.2, 0.25) is 0 Å². The van der Waals surface area contributed by atoms with Gasteiger partial charge in [0.1, 0.15) is 6.54 Å². The van der Waals surface area contributed by atoms with Crippen molar-refractivity contribution < 1.29 is 14.6 Å². The van der Waals surface area contributed by atoms with E-state index in [2.05, 4.69) is 31.3 Å². The molecule has 0 aliphatic carbocycles. The molecule has 0 bridgehead atoms.